The molecule has 0 radical (unpaired) electrons. The van der Waals surface area contributed by atoms with Gasteiger partial charge in [-0.25, -0.2) is 0 Å². The van der Waals surface area contributed by atoms with Crippen molar-refractivity contribution in [3.8, 4) is 0 Å². The smallest absolute Gasteiger partial charge is 0.308 e. The van der Waals surface area contributed by atoms with E-state index in [-0.39, 0.29) is 118 Å². The van der Waals surface area contributed by atoms with Crippen LogP contribution in [0, 0.1) is 58.2 Å². The van der Waals surface area contributed by atoms with Crippen LogP contribution in [0.1, 0.15) is 189 Å². The molecule has 0 bridgehead atoms. The molecule has 0 spiro atoms. The molecule has 4 fully saturated rings. The highest BCUT2D eigenvalue weighted by Crippen LogP contribution is 2.36. The predicted molar refractivity (Wildman–Crippen MR) is 287 cm³/mol. The van der Waals surface area contributed by atoms with E-state index in [4.69, 9.17) is 28.4 Å². The highest BCUT2D eigenvalue weighted by molar-refractivity contribution is 8.13. The Labute approximate surface area is 449 Å². The van der Waals surface area contributed by atoms with Crippen molar-refractivity contribution < 1.29 is 62.0 Å². The fourth-order valence-electron chi connectivity index (χ4n) is 11.0. The summed E-state index contributed by atoms with van der Waals surface area (Å²) in [5.74, 6) is -0.102. The Morgan fingerprint density at radius 1 is 0.419 bits per heavy atom. The normalized spacial score (nSPS) is 25.9. The van der Waals surface area contributed by atoms with E-state index < -0.39 is 22.8 Å². The van der Waals surface area contributed by atoms with Gasteiger partial charge in [-0.05, 0) is 167 Å². The lowest BCUT2D eigenvalue weighted by Gasteiger charge is -2.32. The van der Waals surface area contributed by atoms with Crippen molar-refractivity contribution in [3.63, 3.8) is 0 Å². The molecule has 0 saturated heterocycles. The number of nitrogens with zero attached hydrogens (tertiary/aromatic N) is 2. The molecule has 1 amide bonds. The van der Waals surface area contributed by atoms with Gasteiger partial charge in [-0.15, -0.1) is 0 Å². The Hall–Kier alpha value is -3.40. The summed E-state index contributed by atoms with van der Waals surface area (Å²) in [5.41, 5.74) is -2.03. The number of carbonyl (C=O) groups excluding carboxylic acids is 7. The van der Waals surface area contributed by atoms with Crippen LogP contribution in [0.3, 0.4) is 0 Å². The second-order valence-corrected chi connectivity index (χ2v) is 24.7. The van der Waals surface area contributed by atoms with Crippen molar-refractivity contribution in [2.45, 2.75) is 189 Å². The van der Waals surface area contributed by atoms with Crippen LogP contribution in [0.15, 0.2) is 0 Å². The highest BCUT2D eigenvalue weighted by Gasteiger charge is 2.37. The van der Waals surface area contributed by atoms with E-state index in [0.29, 0.717) is 29.4 Å². The molecule has 424 valence electrons. The molecule has 15 nitrogen and oxygen atoms in total. The van der Waals surface area contributed by atoms with Gasteiger partial charge in [-0.1, -0.05) is 65.1 Å². The largest absolute Gasteiger partial charge is 0.465 e. The molecule has 0 aromatic carbocycles. The van der Waals surface area contributed by atoms with Crippen molar-refractivity contribution in [1.29, 1.82) is 0 Å². The van der Waals surface area contributed by atoms with Crippen LogP contribution >= 0.6 is 11.8 Å². The quantitative estimate of drug-likeness (QED) is 0.0376. The third-order valence-corrected chi connectivity index (χ3v) is 17.8. The molecular weight excluding hydrogens is 965 g/mol. The molecule has 0 aliphatic heterocycles. The topological polar surface area (TPSA) is 181 Å². The molecule has 0 N–H and O–H groups in total. The summed E-state index contributed by atoms with van der Waals surface area (Å²) in [6.45, 7) is 12.2. The Balaban J connectivity index is 1.36. The summed E-state index contributed by atoms with van der Waals surface area (Å²) in [4.78, 5) is 97.4. The summed E-state index contributed by atoms with van der Waals surface area (Å²) in [5, 5.41) is -0.293. The molecule has 16 heteroatoms. The van der Waals surface area contributed by atoms with Crippen molar-refractivity contribution in [3.05, 3.63) is 0 Å². The standard InChI is InChI=1S/C58H98N2O13S/c1-9-42-14-22-46(23-15-42)52(63)70-38-57(5,39-71-53(64)47-24-16-43(10-2)17-25-47)36-68-50(61)30-33-60(56(67)74-35-13-32-59(7)8)34-31-51(62)69-37-58(6,40-72-54(65)48-26-18-44(11-3)19-27-48)41-73-55(66)49-28-20-45(12-4)21-29-49/h42-49H,9-41H2,1-8H3. The van der Waals surface area contributed by atoms with E-state index in [1.165, 1.54) is 4.90 Å². The number of rotatable bonds is 30. The maximum absolute atomic E-state index is 13.7. The fourth-order valence-corrected chi connectivity index (χ4v) is 11.8. The van der Waals surface area contributed by atoms with Crippen LogP contribution in [-0.4, -0.2) is 130 Å². The Morgan fingerprint density at radius 3 is 0.946 bits per heavy atom. The van der Waals surface area contributed by atoms with Crippen molar-refractivity contribution in [1.82, 2.24) is 9.80 Å². The van der Waals surface area contributed by atoms with E-state index in [1.807, 2.05) is 19.0 Å². The van der Waals surface area contributed by atoms with Gasteiger partial charge in [-0.3, -0.25) is 33.6 Å². The second kappa shape index (κ2) is 33.0. The third kappa shape index (κ3) is 22.7. The van der Waals surface area contributed by atoms with E-state index in [0.717, 1.165) is 153 Å². The van der Waals surface area contributed by atoms with E-state index >= 15 is 0 Å². The molecule has 4 aliphatic rings. The minimum atomic E-state index is -1.02. The second-order valence-electron chi connectivity index (χ2n) is 23.6. The SMILES string of the molecule is CCC1CCC(C(=O)OCC(C)(COC(=O)CCN(CCC(=O)OCC(C)(COC(=O)C2CCC(CC)CC2)COC(=O)C2CCC(CC)CC2)C(=O)SCCCN(C)C)COC(=O)C2CCC(CC)CC2)CC1. The van der Waals surface area contributed by atoms with Crippen LogP contribution in [0.4, 0.5) is 4.79 Å². The zero-order valence-electron chi connectivity index (χ0n) is 47.1. The van der Waals surface area contributed by atoms with Crippen LogP contribution in [0.5, 0.6) is 0 Å². The van der Waals surface area contributed by atoms with Crippen LogP contribution in [0.25, 0.3) is 0 Å². The van der Waals surface area contributed by atoms with Gasteiger partial charge in [0.1, 0.15) is 39.6 Å². The van der Waals surface area contributed by atoms with Crippen LogP contribution in [-0.2, 0) is 57.2 Å². The lowest BCUT2D eigenvalue weighted by Crippen LogP contribution is -2.39. The minimum Gasteiger partial charge on any atom is -0.465 e. The van der Waals surface area contributed by atoms with Crippen LogP contribution in [0.2, 0.25) is 0 Å². The Kier molecular flexibility index (Phi) is 28.2. The summed E-state index contributed by atoms with van der Waals surface area (Å²) in [7, 11) is 3.92. The molecule has 0 aromatic rings. The summed E-state index contributed by atoms with van der Waals surface area (Å²) in [6, 6.07) is 0. The summed E-state index contributed by atoms with van der Waals surface area (Å²) < 4.78 is 35.2. The van der Waals surface area contributed by atoms with Gasteiger partial charge < -0.3 is 38.2 Å². The van der Waals surface area contributed by atoms with E-state index in [2.05, 4.69) is 27.7 Å². The lowest BCUT2D eigenvalue weighted by atomic mass is 9.81. The highest BCUT2D eigenvalue weighted by atomic mass is 32.2. The van der Waals surface area contributed by atoms with Crippen LogP contribution < -0.4 is 0 Å². The lowest BCUT2D eigenvalue weighted by molar-refractivity contribution is -0.167. The average molecular weight is 1060 g/mol. The molecule has 74 heavy (non-hydrogen) atoms. The first kappa shape index (κ1) is 63.1. The zero-order valence-corrected chi connectivity index (χ0v) is 47.9. The Bertz CT molecular complexity index is 1540. The number of esters is 6. The van der Waals surface area contributed by atoms with Gasteiger partial charge in [0.2, 0.25) is 0 Å². The third-order valence-electron chi connectivity index (χ3n) is 16.8. The number of amides is 1. The molecule has 0 unspecified atom stereocenters. The molecule has 4 aliphatic carbocycles. The summed E-state index contributed by atoms with van der Waals surface area (Å²) in [6.07, 6.45) is 18.8. The monoisotopic (exact) mass is 1060 g/mol. The van der Waals surface area contributed by atoms with Crippen molar-refractivity contribution in [2.24, 2.45) is 58.2 Å². The number of hydrogen-bond donors (Lipinski definition) is 0. The van der Waals surface area contributed by atoms with Crippen molar-refractivity contribution in [2.75, 3.05) is 79.1 Å². The minimum absolute atomic E-state index is 0.0306. The van der Waals surface area contributed by atoms with Gasteiger partial charge in [0.15, 0.2) is 0 Å². The first-order chi connectivity index (χ1) is 35.4. The van der Waals surface area contributed by atoms with Crippen molar-refractivity contribution >= 4 is 52.8 Å². The number of hydrogen-bond acceptors (Lipinski definition) is 15. The zero-order chi connectivity index (χ0) is 54.1. The van der Waals surface area contributed by atoms with Gasteiger partial charge in [0.05, 0.1) is 47.3 Å². The van der Waals surface area contributed by atoms with Gasteiger partial charge in [0.25, 0.3) is 5.24 Å². The fraction of sp³-hybridized carbons (Fsp3) is 0.879. The van der Waals surface area contributed by atoms with Gasteiger partial charge in [-0.2, -0.15) is 0 Å². The molecule has 0 heterocycles. The predicted octanol–water partition coefficient (Wildman–Crippen LogP) is 11.0. The first-order valence-electron chi connectivity index (χ1n) is 28.9. The molecule has 4 saturated carbocycles. The average Bonchev–Trinajstić information content (AvgIpc) is 3.42. The van der Waals surface area contributed by atoms with Gasteiger partial charge in [0, 0.05) is 18.8 Å². The van der Waals surface area contributed by atoms with E-state index in [9.17, 15) is 33.6 Å². The number of carbonyl (C=O) groups is 7. The molecule has 4 rings (SSSR count). The number of ether oxygens (including phenoxy) is 6. The van der Waals surface area contributed by atoms with Gasteiger partial charge >= 0.3 is 35.8 Å². The molecule has 0 aromatic heterocycles. The first-order valence-corrected chi connectivity index (χ1v) is 29.9. The van der Waals surface area contributed by atoms with E-state index in [1.54, 1.807) is 13.8 Å². The summed E-state index contributed by atoms with van der Waals surface area (Å²) >= 11 is 1.12. The maximum atomic E-state index is 13.7. The molecule has 0 atom stereocenters. The molecular formula is C58H98N2O13S. The number of thioether (sulfide) groups is 1. The maximum Gasteiger partial charge on any atom is 0.308 e. The Morgan fingerprint density at radius 2 is 0.689 bits per heavy atom.